The summed E-state index contributed by atoms with van der Waals surface area (Å²) in [4.78, 5) is 11.7. The summed E-state index contributed by atoms with van der Waals surface area (Å²) in [5, 5.41) is 5.73. The molecule has 134 valence electrons. The first-order valence-corrected chi connectivity index (χ1v) is 8.86. The molecule has 1 atom stereocenters. The molecule has 2 rings (SSSR count). The second kappa shape index (κ2) is 7.49. The zero-order valence-corrected chi connectivity index (χ0v) is 13.5. The summed E-state index contributed by atoms with van der Waals surface area (Å²) in [6.07, 6.45) is -1.94. The Morgan fingerprint density at radius 1 is 1.21 bits per heavy atom. The number of rotatable bonds is 5. The summed E-state index contributed by atoms with van der Waals surface area (Å²) in [6.45, 7) is -0.874. The van der Waals surface area contributed by atoms with Crippen molar-refractivity contribution in [3.05, 3.63) is 24.3 Å². The molecule has 0 saturated carbocycles. The highest BCUT2D eigenvalue weighted by Gasteiger charge is 2.30. The van der Waals surface area contributed by atoms with Gasteiger partial charge in [-0.05, 0) is 43.7 Å². The highest BCUT2D eigenvalue weighted by Crippen LogP contribution is 2.18. The molecular weight excluding hydrogens is 347 g/mol. The molecule has 0 spiro atoms. The predicted octanol–water partition coefficient (Wildman–Crippen LogP) is 1.61. The minimum absolute atomic E-state index is 0.222. The number of sulfonamides is 1. The molecule has 1 aliphatic rings. The number of carbonyl (C=O) groups excluding carboxylic acids is 1. The molecule has 1 heterocycles. The van der Waals surface area contributed by atoms with E-state index in [9.17, 15) is 26.4 Å². The molecule has 3 N–H and O–H groups in total. The number of carbonyl (C=O) groups is 1. The minimum atomic E-state index is -4.63. The van der Waals surface area contributed by atoms with Gasteiger partial charge in [0.15, 0.2) is 0 Å². The maximum Gasteiger partial charge on any atom is 0.402 e. The largest absolute Gasteiger partial charge is 0.402 e. The van der Waals surface area contributed by atoms with Crippen molar-refractivity contribution in [2.75, 3.05) is 18.4 Å². The molecule has 24 heavy (non-hydrogen) atoms. The van der Waals surface area contributed by atoms with Gasteiger partial charge < -0.3 is 10.6 Å². The Balaban J connectivity index is 1.98. The lowest BCUT2D eigenvalue weighted by Crippen LogP contribution is -2.43. The normalized spacial score (nSPS) is 19.0. The van der Waals surface area contributed by atoms with Crippen LogP contribution >= 0.6 is 0 Å². The van der Waals surface area contributed by atoms with Crippen LogP contribution in [0.25, 0.3) is 0 Å². The van der Waals surface area contributed by atoms with Crippen molar-refractivity contribution in [2.45, 2.75) is 36.4 Å². The van der Waals surface area contributed by atoms with Crippen LogP contribution in [0.3, 0.4) is 0 Å². The molecule has 1 aromatic rings. The maximum atomic E-state index is 12.1. The molecular formula is C14H18F3N3O3S. The summed E-state index contributed by atoms with van der Waals surface area (Å²) in [5.41, 5.74) is 0.377. The second-order valence-corrected chi connectivity index (χ2v) is 7.22. The van der Waals surface area contributed by atoms with E-state index in [1.807, 2.05) is 0 Å². The van der Waals surface area contributed by atoms with Crippen molar-refractivity contribution >= 4 is 21.6 Å². The molecule has 1 aliphatic heterocycles. The van der Waals surface area contributed by atoms with Gasteiger partial charge in [-0.3, -0.25) is 4.79 Å². The molecule has 1 amide bonds. The van der Waals surface area contributed by atoms with Crippen LogP contribution in [0.15, 0.2) is 29.2 Å². The van der Waals surface area contributed by atoms with Crippen molar-refractivity contribution < 1.29 is 26.4 Å². The van der Waals surface area contributed by atoms with Gasteiger partial charge in [0.25, 0.3) is 0 Å². The van der Waals surface area contributed by atoms with Gasteiger partial charge in [-0.1, -0.05) is 6.42 Å². The fourth-order valence-corrected chi connectivity index (χ4v) is 3.30. The van der Waals surface area contributed by atoms with Gasteiger partial charge >= 0.3 is 6.18 Å². The van der Waals surface area contributed by atoms with Crippen LogP contribution in [0.4, 0.5) is 18.9 Å². The summed E-state index contributed by atoms with van der Waals surface area (Å²) in [6, 6.07) is 4.66. The molecule has 1 aromatic carbocycles. The summed E-state index contributed by atoms with van der Waals surface area (Å²) in [7, 11) is -4.25. The molecule has 0 bridgehead atoms. The summed E-state index contributed by atoms with van der Waals surface area (Å²) in [5.74, 6) is -0.222. The zero-order chi connectivity index (χ0) is 17.8. The lowest BCUT2D eigenvalue weighted by Gasteiger charge is -2.22. The van der Waals surface area contributed by atoms with E-state index in [0.717, 1.165) is 37.9 Å². The van der Waals surface area contributed by atoms with Crippen LogP contribution in [0.5, 0.6) is 0 Å². The molecule has 0 radical (unpaired) electrons. The average molecular weight is 365 g/mol. The standard InChI is InChI=1S/C14H18F3N3O3S/c15-14(16,17)9-19-24(22,23)11-6-4-10(5-7-11)20-13(21)12-3-1-2-8-18-12/h4-7,12,18-19H,1-3,8-9H2,(H,20,21). The number of benzene rings is 1. The number of piperidine rings is 1. The van der Waals surface area contributed by atoms with E-state index in [-0.39, 0.29) is 16.8 Å². The Morgan fingerprint density at radius 3 is 2.42 bits per heavy atom. The molecule has 1 fully saturated rings. The van der Waals surface area contributed by atoms with Crippen molar-refractivity contribution in [3.8, 4) is 0 Å². The number of hydrogen-bond donors (Lipinski definition) is 3. The Labute approximate surface area is 137 Å². The van der Waals surface area contributed by atoms with Gasteiger partial charge in [0, 0.05) is 5.69 Å². The number of halogens is 3. The number of nitrogens with one attached hydrogen (secondary N) is 3. The highest BCUT2D eigenvalue weighted by molar-refractivity contribution is 7.89. The molecule has 0 aliphatic carbocycles. The van der Waals surface area contributed by atoms with Gasteiger partial charge in [0.05, 0.1) is 10.9 Å². The monoisotopic (exact) mass is 365 g/mol. The van der Waals surface area contributed by atoms with Crippen LogP contribution in [-0.2, 0) is 14.8 Å². The van der Waals surface area contributed by atoms with Crippen LogP contribution in [0, 0.1) is 0 Å². The highest BCUT2D eigenvalue weighted by atomic mass is 32.2. The fraction of sp³-hybridized carbons (Fsp3) is 0.500. The lowest BCUT2D eigenvalue weighted by molar-refractivity contribution is -0.121. The van der Waals surface area contributed by atoms with Crippen LogP contribution in [0.2, 0.25) is 0 Å². The van der Waals surface area contributed by atoms with Crippen LogP contribution in [0.1, 0.15) is 19.3 Å². The van der Waals surface area contributed by atoms with E-state index >= 15 is 0 Å². The van der Waals surface area contributed by atoms with Gasteiger partial charge in [-0.25, -0.2) is 13.1 Å². The Bertz CT molecular complexity index is 669. The molecule has 0 aromatic heterocycles. The van der Waals surface area contributed by atoms with Gasteiger partial charge in [-0.2, -0.15) is 13.2 Å². The summed E-state index contributed by atoms with van der Waals surface area (Å²) >= 11 is 0. The number of anilines is 1. The second-order valence-electron chi connectivity index (χ2n) is 5.46. The topological polar surface area (TPSA) is 87.3 Å². The molecule has 6 nitrogen and oxygen atoms in total. The van der Waals surface area contributed by atoms with E-state index in [4.69, 9.17) is 0 Å². The Kier molecular flexibility index (Phi) is 5.83. The molecule has 1 unspecified atom stereocenters. The third-order valence-electron chi connectivity index (χ3n) is 3.52. The van der Waals surface area contributed by atoms with Gasteiger partial charge in [0.2, 0.25) is 15.9 Å². The van der Waals surface area contributed by atoms with Crippen molar-refractivity contribution in [3.63, 3.8) is 0 Å². The SMILES string of the molecule is O=C(Nc1ccc(S(=O)(=O)NCC(F)(F)F)cc1)C1CCCCN1. The van der Waals surface area contributed by atoms with Crippen molar-refractivity contribution in [2.24, 2.45) is 0 Å². The maximum absolute atomic E-state index is 12.1. The first kappa shape index (κ1) is 18.7. The number of amides is 1. The van der Waals surface area contributed by atoms with E-state index in [1.165, 1.54) is 16.9 Å². The molecule has 10 heteroatoms. The third kappa shape index (κ3) is 5.46. The van der Waals surface area contributed by atoms with E-state index in [2.05, 4.69) is 10.6 Å². The van der Waals surface area contributed by atoms with Crippen LogP contribution in [-0.4, -0.2) is 39.6 Å². The van der Waals surface area contributed by atoms with Crippen molar-refractivity contribution in [1.82, 2.24) is 10.0 Å². The minimum Gasteiger partial charge on any atom is -0.325 e. The van der Waals surface area contributed by atoms with Gasteiger partial charge in [0.1, 0.15) is 6.54 Å². The van der Waals surface area contributed by atoms with E-state index in [0.29, 0.717) is 5.69 Å². The van der Waals surface area contributed by atoms with Gasteiger partial charge in [-0.15, -0.1) is 0 Å². The number of alkyl halides is 3. The van der Waals surface area contributed by atoms with E-state index < -0.39 is 22.7 Å². The lowest BCUT2D eigenvalue weighted by atomic mass is 10.0. The predicted molar refractivity (Wildman–Crippen MR) is 82.0 cm³/mol. The summed E-state index contributed by atoms with van der Waals surface area (Å²) < 4.78 is 61.3. The smallest absolute Gasteiger partial charge is 0.325 e. The van der Waals surface area contributed by atoms with Crippen LogP contribution < -0.4 is 15.4 Å². The Morgan fingerprint density at radius 2 is 1.88 bits per heavy atom. The van der Waals surface area contributed by atoms with E-state index in [1.54, 1.807) is 0 Å². The Hall–Kier alpha value is -1.65. The first-order valence-electron chi connectivity index (χ1n) is 7.38. The third-order valence-corrected chi connectivity index (χ3v) is 4.94. The zero-order valence-electron chi connectivity index (χ0n) is 12.7. The quantitative estimate of drug-likeness (QED) is 0.740. The van der Waals surface area contributed by atoms with Crippen molar-refractivity contribution in [1.29, 1.82) is 0 Å². The first-order chi connectivity index (χ1) is 11.2. The average Bonchev–Trinajstić information content (AvgIpc) is 2.54. The molecule has 1 saturated heterocycles. The number of hydrogen-bond acceptors (Lipinski definition) is 4. The fourth-order valence-electron chi connectivity index (χ4n) is 2.28.